The van der Waals surface area contributed by atoms with Crippen LogP contribution in [0.4, 0.5) is 11.9 Å². The molecule has 0 amide bonds. The number of ether oxygens (including phenoxy) is 2. The SMILES string of the molecule is Nc1nc(N)nc(C2COCCO2)n1. The largest absolute Gasteiger partial charge is 0.376 e. The molecule has 0 spiro atoms. The lowest BCUT2D eigenvalue weighted by molar-refractivity contribution is -0.0934. The van der Waals surface area contributed by atoms with E-state index in [1.54, 1.807) is 0 Å². The Hall–Kier alpha value is -1.47. The Kier molecular flexibility index (Phi) is 2.42. The highest BCUT2D eigenvalue weighted by molar-refractivity contribution is 5.26. The van der Waals surface area contributed by atoms with Gasteiger partial charge in [-0.2, -0.15) is 15.0 Å². The Bertz CT molecular complexity index is 306. The molecule has 1 atom stereocenters. The van der Waals surface area contributed by atoms with Crippen LogP contribution in [0.2, 0.25) is 0 Å². The van der Waals surface area contributed by atoms with Crippen LogP contribution in [0.25, 0.3) is 0 Å². The second-order valence-corrected chi connectivity index (χ2v) is 2.84. The molecule has 1 saturated heterocycles. The zero-order chi connectivity index (χ0) is 9.97. The zero-order valence-electron chi connectivity index (χ0n) is 7.51. The van der Waals surface area contributed by atoms with Gasteiger partial charge in [0.05, 0.1) is 19.8 Å². The smallest absolute Gasteiger partial charge is 0.225 e. The van der Waals surface area contributed by atoms with Crippen LogP contribution in [-0.4, -0.2) is 34.8 Å². The summed E-state index contributed by atoms with van der Waals surface area (Å²) in [7, 11) is 0. The first-order valence-corrected chi connectivity index (χ1v) is 4.22. The van der Waals surface area contributed by atoms with Gasteiger partial charge in [0, 0.05) is 0 Å². The number of hydrogen-bond donors (Lipinski definition) is 2. The first-order chi connectivity index (χ1) is 6.75. The van der Waals surface area contributed by atoms with Crippen molar-refractivity contribution in [1.29, 1.82) is 0 Å². The number of rotatable bonds is 1. The van der Waals surface area contributed by atoms with Gasteiger partial charge in [0.2, 0.25) is 11.9 Å². The highest BCUT2D eigenvalue weighted by Gasteiger charge is 2.20. The fraction of sp³-hybridized carbons (Fsp3) is 0.571. The lowest BCUT2D eigenvalue weighted by Crippen LogP contribution is -2.24. The second-order valence-electron chi connectivity index (χ2n) is 2.84. The fourth-order valence-corrected chi connectivity index (χ4v) is 1.21. The standard InChI is InChI=1S/C7H11N5O2/c8-6-10-5(11-7(9)12-6)4-3-13-1-2-14-4/h4H,1-3H2,(H4,8,9,10,11,12). The van der Waals surface area contributed by atoms with Gasteiger partial charge in [-0.1, -0.05) is 0 Å². The molecule has 0 aromatic carbocycles. The summed E-state index contributed by atoms with van der Waals surface area (Å²) in [4.78, 5) is 11.5. The molecule has 2 rings (SSSR count). The van der Waals surface area contributed by atoms with Crippen LogP contribution in [0.1, 0.15) is 11.9 Å². The molecule has 76 valence electrons. The first-order valence-electron chi connectivity index (χ1n) is 4.22. The molecule has 2 heterocycles. The summed E-state index contributed by atoms with van der Waals surface area (Å²) in [6.45, 7) is 1.53. The Balaban J connectivity index is 2.21. The van der Waals surface area contributed by atoms with E-state index in [9.17, 15) is 0 Å². The normalized spacial score (nSPS) is 22.1. The van der Waals surface area contributed by atoms with E-state index in [2.05, 4.69) is 15.0 Å². The van der Waals surface area contributed by atoms with Gasteiger partial charge in [-0.25, -0.2) is 0 Å². The molecule has 0 saturated carbocycles. The third kappa shape index (κ3) is 1.88. The first kappa shape index (κ1) is 9.10. The van der Waals surface area contributed by atoms with E-state index in [0.717, 1.165) is 0 Å². The van der Waals surface area contributed by atoms with Crippen molar-refractivity contribution in [2.45, 2.75) is 6.10 Å². The lowest BCUT2D eigenvalue weighted by atomic mass is 10.3. The molecule has 4 N–H and O–H groups in total. The summed E-state index contributed by atoms with van der Waals surface area (Å²) in [5.41, 5.74) is 10.9. The molecule has 0 aliphatic carbocycles. The Morgan fingerprint density at radius 1 is 1.07 bits per heavy atom. The molecule has 0 radical (unpaired) electrons. The van der Waals surface area contributed by atoms with Gasteiger partial charge < -0.3 is 20.9 Å². The third-order valence-corrected chi connectivity index (χ3v) is 1.79. The van der Waals surface area contributed by atoms with Crippen LogP contribution in [-0.2, 0) is 9.47 Å². The van der Waals surface area contributed by atoms with Gasteiger partial charge in [-0.15, -0.1) is 0 Å². The Labute approximate surface area is 80.5 Å². The number of aromatic nitrogens is 3. The average Bonchev–Trinajstić information content (AvgIpc) is 2.18. The maximum atomic E-state index is 5.43. The predicted octanol–water partition coefficient (Wildman–Crippen LogP) is -0.876. The molecule has 1 aliphatic heterocycles. The maximum absolute atomic E-state index is 5.43. The Morgan fingerprint density at radius 2 is 1.79 bits per heavy atom. The summed E-state index contributed by atoms with van der Waals surface area (Å²) in [6, 6.07) is 0. The van der Waals surface area contributed by atoms with Gasteiger partial charge in [0.1, 0.15) is 6.10 Å². The minimum absolute atomic E-state index is 0.0988. The van der Waals surface area contributed by atoms with Crippen LogP contribution in [0.15, 0.2) is 0 Å². The summed E-state index contributed by atoms with van der Waals surface area (Å²) < 4.78 is 10.6. The minimum Gasteiger partial charge on any atom is -0.376 e. The summed E-state index contributed by atoms with van der Waals surface area (Å²) in [5, 5.41) is 0. The quantitative estimate of drug-likeness (QED) is 0.601. The lowest BCUT2D eigenvalue weighted by Gasteiger charge is -2.21. The van der Waals surface area contributed by atoms with Crippen molar-refractivity contribution < 1.29 is 9.47 Å². The molecular formula is C7H11N5O2. The van der Waals surface area contributed by atoms with E-state index >= 15 is 0 Å². The van der Waals surface area contributed by atoms with E-state index in [4.69, 9.17) is 20.9 Å². The van der Waals surface area contributed by atoms with Crippen molar-refractivity contribution in [3.05, 3.63) is 5.82 Å². The molecule has 1 aromatic heterocycles. The highest BCUT2D eigenvalue weighted by atomic mass is 16.6. The molecule has 1 fully saturated rings. The fourth-order valence-electron chi connectivity index (χ4n) is 1.21. The van der Waals surface area contributed by atoms with Crippen molar-refractivity contribution in [2.75, 3.05) is 31.3 Å². The van der Waals surface area contributed by atoms with Gasteiger partial charge >= 0.3 is 0 Å². The molecule has 0 bridgehead atoms. The minimum atomic E-state index is -0.295. The molecule has 14 heavy (non-hydrogen) atoms. The second kappa shape index (κ2) is 3.72. The molecule has 7 nitrogen and oxygen atoms in total. The number of anilines is 2. The van der Waals surface area contributed by atoms with E-state index in [-0.39, 0.29) is 18.0 Å². The average molecular weight is 197 g/mol. The van der Waals surface area contributed by atoms with E-state index < -0.39 is 0 Å². The molecule has 1 aromatic rings. The van der Waals surface area contributed by atoms with Crippen LogP contribution < -0.4 is 11.5 Å². The van der Waals surface area contributed by atoms with E-state index in [0.29, 0.717) is 25.6 Å². The van der Waals surface area contributed by atoms with Crippen LogP contribution in [0.3, 0.4) is 0 Å². The highest BCUT2D eigenvalue weighted by Crippen LogP contribution is 2.17. The predicted molar refractivity (Wildman–Crippen MR) is 48.2 cm³/mol. The van der Waals surface area contributed by atoms with Gasteiger partial charge in [0.15, 0.2) is 5.82 Å². The summed E-state index contributed by atoms with van der Waals surface area (Å²) in [5.74, 6) is 0.623. The van der Waals surface area contributed by atoms with Crippen molar-refractivity contribution >= 4 is 11.9 Å². The maximum Gasteiger partial charge on any atom is 0.225 e. The van der Waals surface area contributed by atoms with Crippen LogP contribution >= 0.6 is 0 Å². The van der Waals surface area contributed by atoms with Crippen LogP contribution in [0, 0.1) is 0 Å². The number of nitrogens with two attached hydrogens (primary N) is 2. The number of hydrogen-bond acceptors (Lipinski definition) is 7. The molecular weight excluding hydrogens is 186 g/mol. The topological polar surface area (TPSA) is 109 Å². The Morgan fingerprint density at radius 3 is 2.36 bits per heavy atom. The molecule has 1 unspecified atom stereocenters. The van der Waals surface area contributed by atoms with Gasteiger partial charge in [0.25, 0.3) is 0 Å². The van der Waals surface area contributed by atoms with Gasteiger partial charge in [-0.05, 0) is 0 Å². The van der Waals surface area contributed by atoms with Gasteiger partial charge in [-0.3, -0.25) is 0 Å². The summed E-state index contributed by atoms with van der Waals surface area (Å²) in [6.07, 6.45) is -0.295. The van der Waals surface area contributed by atoms with E-state index in [1.165, 1.54) is 0 Å². The van der Waals surface area contributed by atoms with Crippen molar-refractivity contribution in [2.24, 2.45) is 0 Å². The zero-order valence-corrected chi connectivity index (χ0v) is 7.51. The van der Waals surface area contributed by atoms with E-state index in [1.807, 2.05) is 0 Å². The molecule has 7 heteroatoms. The monoisotopic (exact) mass is 197 g/mol. The van der Waals surface area contributed by atoms with Crippen molar-refractivity contribution in [3.63, 3.8) is 0 Å². The van der Waals surface area contributed by atoms with Crippen LogP contribution in [0.5, 0.6) is 0 Å². The molecule has 1 aliphatic rings. The van der Waals surface area contributed by atoms with Crippen molar-refractivity contribution in [3.8, 4) is 0 Å². The summed E-state index contributed by atoms with van der Waals surface area (Å²) >= 11 is 0. The third-order valence-electron chi connectivity index (χ3n) is 1.79. The van der Waals surface area contributed by atoms with Crippen molar-refractivity contribution in [1.82, 2.24) is 15.0 Å². The number of nitrogens with zero attached hydrogens (tertiary/aromatic N) is 3. The number of nitrogen functional groups attached to an aromatic ring is 2.